The van der Waals surface area contributed by atoms with E-state index in [2.05, 4.69) is 81.5 Å². The van der Waals surface area contributed by atoms with Crippen molar-refractivity contribution in [2.75, 3.05) is 13.2 Å². The Balaban J connectivity index is 4.34. The molecule has 0 aromatic rings. The second kappa shape index (κ2) is 65.4. The Morgan fingerprint density at radius 2 is 0.558 bits per heavy atom. The Morgan fingerprint density at radius 3 is 0.896 bits per heavy atom. The normalized spacial score (nSPS) is 12.5. The zero-order valence-corrected chi connectivity index (χ0v) is 51.2. The predicted molar refractivity (Wildman–Crippen MR) is 335 cm³/mol. The molecule has 77 heavy (non-hydrogen) atoms. The highest BCUT2D eigenvalue weighted by molar-refractivity contribution is 5.72. The van der Waals surface area contributed by atoms with Gasteiger partial charge in [0, 0.05) is 12.8 Å². The summed E-state index contributed by atoms with van der Waals surface area (Å²) in [7, 11) is 0. The summed E-state index contributed by atoms with van der Waals surface area (Å²) in [6.07, 6.45) is 85.2. The molecule has 0 N–H and O–H groups in total. The third-order valence-corrected chi connectivity index (χ3v) is 14.7. The van der Waals surface area contributed by atoms with Gasteiger partial charge in [0.15, 0.2) is 6.10 Å². The molecule has 0 saturated carbocycles. The first kappa shape index (κ1) is 73.8. The molecule has 0 heterocycles. The van der Waals surface area contributed by atoms with Crippen LogP contribution in [0.5, 0.6) is 0 Å². The molecule has 0 radical (unpaired) electrons. The van der Waals surface area contributed by atoms with Gasteiger partial charge in [-0.2, -0.15) is 0 Å². The third kappa shape index (κ3) is 63.6. The summed E-state index contributed by atoms with van der Waals surface area (Å²) in [5.41, 5.74) is 0. The molecule has 0 aliphatic heterocycles. The van der Waals surface area contributed by atoms with E-state index in [-0.39, 0.29) is 31.6 Å². The zero-order chi connectivity index (χ0) is 55.7. The largest absolute Gasteiger partial charge is 0.462 e. The Kier molecular flexibility index (Phi) is 62.7. The van der Waals surface area contributed by atoms with Crippen molar-refractivity contribution in [1.29, 1.82) is 0 Å². The van der Waals surface area contributed by atoms with E-state index in [0.29, 0.717) is 12.8 Å². The summed E-state index contributed by atoms with van der Waals surface area (Å²) in [5.74, 6) is -1.02. The van der Waals surface area contributed by atoms with Crippen LogP contribution in [0.1, 0.15) is 342 Å². The lowest BCUT2D eigenvalue weighted by atomic mass is 10.0. The first-order valence-electron chi connectivity index (χ1n) is 33.4. The van der Waals surface area contributed by atoms with Gasteiger partial charge in [-0.1, -0.05) is 325 Å². The van der Waals surface area contributed by atoms with Gasteiger partial charge in [0.05, 0.1) is 6.42 Å². The quantitative estimate of drug-likeness (QED) is 0.0261. The molecule has 6 nitrogen and oxygen atoms in total. The molecule has 0 aromatic carbocycles. The van der Waals surface area contributed by atoms with Crippen LogP contribution in [0, 0.1) is 0 Å². The van der Waals surface area contributed by atoms with Gasteiger partial charge < -0.3 is 14.2 Å². The molecule has 0 aromatic heterocycles. The van der Waals surface area contributed by atoms with Crippen LogP contribution in [-0.2, 0) is 28.6 Å². The third-order valence-electron chi connectivity index (χ3n) is 14.7. The standard InChI is InChI=1S/C71H126O6/c1-4-7-10-13-16-19-22-25-28-30-32-33-34-35-36-37-39-40-43-46-49-52-55-58-61-64-70(73)76-67-68(66-75-69(72)63-60-57-54-51-48-45-42-27-24-21-18-15-12-9-6-3)77-71(74)65-62-59-56-53-50-47-44-41-38-31-29-26-23-20-17-14-11-8-5-2/h9,12,18,21,27,30,32,42,48,51,57,60,68H,4-8,10-11,13-17,19-20,22-26,28-29,31,33-41,43-47,49-50,52-56,58-59,61-67H2,1-3H3/b12-9-,21-18-,32-30-,42-27-,51-48-,60-57-. The van der Waals surface area contributed by atoms with Crippen molar-refractivity contribution < 1.29 is 28.6 Å². The highest BCUT2D eigenvalue weighted by Gasteiger charge is 2.19. The molecule has 0 fully saturated rings. The second-order valence-electron chi connectivity index (χ2n) is 22.4. The molecule has 0 aliphatic rings. The van der Waals surface area contributed by atoms with Crippen LogP contribution in [0.25, 0.3) is 0 Å². The molecular weight excluding hydrogens is 949 g/mol. The highest BCUT2D eigenvalue weighted by Crippen LogP contribution is 2.18. The number of hydrogen-bond donors (Lipinski definition) is 0. The number of esters is 3. The number of carbonyl (C=O) groups excluding carboxylic acids is 3. The number of rotatable bonds is 61. The van der Waals surface area contributed by atoms with E-state index >= 15 is 0 Å². The first-order valence-corrected chi connectivity index (χ1v) is 33.4. The maximum Gasteiger partial charge on any atom is 0.309 e. The van der Waals surface area contributed by atoms with E-state index < -0.39 is 12.1 Å². The van der Waals surface area contributed by atoms with Gasteiger partial charge in [0.25, 0.3) is 0 Å². The fourth-order valence-corrected chi connectivity index (χ4v) is 9.75. The van der Waals surface area contributed by atoms with E-state index in [1.807, 2.05) is 12.2 Å². The highest BCUT2D eigenvalue weighted by atomic mass is 16.6. The molecule has 6 heteroatoms. The Labute approximate surface area is 478 Å². The Hall–Kier alpha value is -3.15. The van der Waals surface area contributed by atoms with Gasteiger partial charge >= 0.3 is 17.9 Å². The number of hydrogen-bond acceptors (Lipinski definition) is 6. The topological polar surface area (TPSA) is 78.9 Å². The fourth-order valence-electron chi connectivity index (χ4n) is 9.75. The van der Waals surface area contributed by atoms with Crippen LogP contribution in [0.15, 0.2) is 72.9 Å². The molecule has 0 aliphatic carbocycles. The Morgan fingerprint density at radius 1 is 0.286 bits per heavy atom. The van der Waals surface area contributed by atoms with Crippen LogP contribution >= 0.6 is 0 Å². The van der Waals surface area contributed by atoms with Crippen molar-refractivity contribution in [2.45, 2.75) is 348 Å². The smallest absolute Gasteiger partial charge is 0.309 e. The second-order valence-corrected chi connectivity index (χ2v) is 22.4. The average molecular weight is 1080 g/mol. The van der Waals surface area contributed by atoms with Gasteiger partial charge in [-0.15, -0.1) is 0 Å². The van der Waals surface area contributed by atoms with Crippen LogP contribution in [-0.4, -0.2) is 37.2 Å². The van der Waals surface area contributed by atoms with E-state index in [4.69, 9.17) is 14.2 Å². The van der Waals surface area contributed by atoms with Gasteiger partial charge in [0.2, 0.25) is 0 Å². The fraction of sp³-hybridized carbons (Fsp3) is 0.789. The minimum Gasteiger partial charge on any atom is -0.462 e. The number of carbonyl (C=O) groups is 3. The maximum absolute atomic E-state index is 12.9. The number of allylic oxidation sites excluding steroid dienone is 11. The maximum atomic E-state index is 12.9. The van der Waals surface area contributed by atoms with Gasteiger partial charge in [-0.05, 0) is 70.6 Å². The molecule has 0 rings (SSSR count). The van der Waals surface area contributed by atoms with Crippen molar-refractivity contribution >= 4 is 17.9 Å². The minimum absolute atomic E-state index is 0.102. The molecule has 0 saturated heterocycles. The molecule has 0 amide bonds. The van der Waals surface area contributed by atoms with Crippen molar-refractivity contribution in [3.8, 4) is 0 Å². The van der Waals surface area contributed by atoms with Crippen LogP contribution in [0.3, 0.4) is 0 Å². The van der Waals surface area contributed by atoms with Gasteiger partial charge in [-0.25, -0.2) is 0 Å². The number of unbranched alkanes of at least 4 members (excludes halogenated alkanes) is 39. The lowest BCUT2D eigenvalue weighted by Crippen LogP contribution is -2.30. The predicted octanol–water partition coefficient (Wildman–Crippen LogP) is 22.9. The molecule has 1 atom stereocenters. The monoisotopic (exact) mass is 1070 g/mol. The summed E-state index contributed by atoms with van der Waals surface area (Å²) >= 11 is 0. The molecule has 0 spiro atoms. The van der Waals surface area contributed by atoms with E-state index in [1.165, 1.54) is 231 Å². The summed E-state index contributed by atoms with van der Waals surface area (Å²) in [5, 5.41) is 0. The van der Waals surface area contributed by atoms with Crippen molar-refractivity contribution in [3.05, 3.63) is 72.9 Å². The van der Waals surface area contributed by atoms with Crippen molar-refractivity contribution in [1.82, 2.24) is 0 Å². The van der Waals surface area contributed by atoms with Gasteiger partial charge in [0.1, 0.15) is 13.2 Å². The SMILES string of the molecule is CC/C=C\C/C=C\C/C=C\C/C=C\C/C=C\CC(=O)OCC(COC(=O)CCCCCCCCCCCCCCC/C=C\CCCCCCCCCC)OC(=O)CCCCCCCCCCCCCCCCCCCCC. The first-order chi connectivity index (χ1) is 38.0. The average Bonchev–Trinajstić information content (AvgIpc) is 3.43. The van der Waals surface area contributed by atoms with E-state index in [1.54, 1.807) is 0 Å². The van der Waals surface area contributed by atoms with E-state index in [9.17, 15) is 14.4 Å². The van der Waals surface area contributed by atoms with Crippen LogP contribution < -0.4 is 0 Å². The summed E-state index contributed by atoms with van der Waals surface area (Å²) in [6, 6.07) is 0. The van der Waals surface area contributed by atoms with Crippen molar-refractivity contribution in [2.24, 2.45) is 0 Å². The zero-order valence-electron chi connectivity index (χ0n) is 51.2. The summed E-state index contributed by atoms with van der Waals surface area (Å²) < 4.78 is 16.8. The summed E-state index contributed by atoms with van der Waals surface area (Å²) in [6.45, 7) is 6.49. The van der Waals surface area contributed by atoms with Crippen molar-refractivity contribution in [3.63, 3.8) is 0 Å². The Bertz CT molecular complexity index is 1420. The lowest BCUT2D eigenvalue weighted by Gasteiger charge is -2.18. The molecule has 446 valence electrons. The summed E-state index contributed by atoms with van der Waals surface area (Å²) in [4.78, 5) is 38.3. The van der Waals surface area contributed by atoms with E-state index in [0.717, 1.165) is 70.6 Å². The molecule has 1 unspecified atom stereocenters. The molecule has 0 bridgehead atoms. The lowest BCUT2D eigenvalue weighted by molar-refractivity contribution is -0.166. The minimum atomic E-state index is -0.814. The van der Waals surface area contributed by atoms with Gasteiger partial charge in [-0.3, -0.25) is 14.4 Å². The van der Waals surface area contributed by atoms with Crippen LogP contribution in [0.4, 0.5) is 0 Å². The molecular formula is C71H126O6. The van der Waals surface area contributed by atoms with Crippen LogP contribution in [0.2, 0.25) is 0 Å². The number of ether oxygens (including phenoxy) is 3.